The summed E-state index contributed by atoms with van der Waals surface area (Å²) >= 11 is 0. The number of benzene rings is 2. The van der Waals surface area contributed by atoms with Crippen LogP contribution in [0.25, 0.3) is 10.8 Å². The number of carbonyl (C=O) groups is 1. The van der Waals surface area contributed by atoms with Gasteiger partial charge >= 0.3 is 6.09 Å². The summed E-state index contributed by atoms with van der Waals surface area (Å²) in [6.07, 6.45) is 5.66. The predicted molar refractivity (Wildman–Crippen MR) is 112 cm³/mol. The summed E-state index contributed by atoms with van der Waals surface area (Å²) in [6.45, 7) is 9.23. The molecule has 2 aliphatic rings. The zero-order valence-electron chi connectivity index (χ0n) is 17.4. The van der Waals surface area contributed by atoms with E-state index in [1.165, 1.54) is 19.3 Å². The second-order valence-electron chi connectivity index (χ2n) is 9.66. The molecule has 1 aliphatic heterocycles. The van der Waals surface area contributed by atoms with E-state index in [1.807, 2.05) is 6.92 Å². The molecule has 0 unspecified atom stereocenters. The first-order valence-corrected chi connectivity index (χ1v) is 10.4. The molecule has 2 fully saturated rings. The molecule has 28 heavy (non-hydrogen) atoms. The van der Waals surface area contributed by atoms with Gasteiger partial charge in [-0.2, -0.15) is 0 Å². The number of amides is 1. The van der Waals surface area contributed by atoms with Crippen LogP contribution in [0, 0.1) is 5.41 Å². The van der Waals surface area contributed by atoms with Crippen LogP contribution < -0.4 is 10.1 Å². The molecule has 1 saturated carbocycles. The highest BCUT2D eigenvalue weighted by Gasteiger charge is 2.45. The maximum atomic E-state index is 11.5. The summed E-state index contributed by atoms with van der Waals surface area (Å²) in [7, 11) is 0. The van der Waals surface area contributed by atoms with Crippen molar-refractivity contribution in [3.63, 3.8) is 0 Å². The number of cyclic esters (lactones) is 1. The van der Waals surface area contributed by atoms with Crippen molar-refractivity contribution in [2.45, 2.75) is 70.9 Å². The Labute approximate surface area is 167 Å². The van der Waals surface area contributed by atoms with Crippen LogP contribution in [0.1, 0.15) is 65.4 Å². The fourth-order valence-corrected chi connectivity index (χ4v) is 4.65. The zero-order chi connectivity index (χ0) is 20.0. The first-order chi connectivity index (χ1) is 13.2. The van der Waals surface area contributed by atoms with E-state index < -0.39 is 5.54 Å². The van der Waals surface area contributed by atoms with E-state index in [2.05, 4.69) is 62.5 Å². The number of alkyl carbamates (subject to hydrolysis) is 1. The molecule has 0 bridgehead atoms. The van der Waals surface area contributed by atoms with E-state index in [9.17, 15) is 4.79 Å². The maximum Gasteiger partial charge on any atom is 0.408 e. The largest absolute Gasteiger partial charge is 0.487 e. The van der Waals surface area contributed by atoms with E-state index >= 15 is 0 Å². The quantitative estimate of drug-likeness (QED) is 0.717. The molecule has 1 aliphatic carbocycles. The molecule has 0 radical (unpaired) electrons. The van der Waals surface area contributed by atoms with Crippen LogP contribution in [0.3, 0.4) is 0 Å². The summed E-state index contributed by atoms with van der Waals surface area (Å²) in [6, 6.07) is 12.7. The molecule has 1 saturated heterocycles. The smallest absolute Gasteiger partial charge is 0.408 e. The van der Waals surface area contributed by atoms with Gasteiger partial charge in [-0.15, -0.1) is 0 Å². The Morgan fingerprint density at radius 1 is 1.00 bits per heavy atom. The second-order valence-corrected chi connectivity index (χ2v) is 9.66. The van der Waals surface area contributed by atoms with Crippen LogP contribution in [0.15, 0.2) is 36.4 Å². The van der Waals surface area contributed by atoms with Crippen molar-refractivity contribution in [1.29, 1.82) is 0 Å². The number of carbonyl (C=O) groups excluding carboxylic acids is 1. The monoisotopic (exact) mass is 381 g/mol. The Bertz CT molecular complexity index is 892. The van der Waals surface area contributed by atoms with Gasteiger partial charge in [0.15, 0.2) is 0 Å². The van der Waals surface area contributed by atoms with Crippen molar-refractivity contribution < 1.29 is 14.3 Å². The number of nitrogens with one attached hydrogen (secondary N) is 1. The van der Waals surface area contributed by atoms with E-state index in [-0.39, 0.29) is 17.1 Å². The van der Waals surface area contributed by atoms with Crippen LogP contribution in [0.5, 0.6) is 5.75 Å². The number of ether oxygens (including phenoxy) is 2. The number of rotatable bonds is 3. The molecular formula is C24H31NO3. The van der Waals surface area contributed by atoms with E-state index in [0.29, 0.717) is 6.61 Å². The summed E-state index contributed by atoms with van der Waals surface area (Å²) in [5.74, 6) is 0.945. The summed E-state index contributed by atoms with van der Waals surface area (Å²) in [5, 5.41) is 5.20. The van der Waals surface area contributed by atoms with Crippen LogP contribution in [0.4, 0.5) is 4.79 Å². The molecule has 1 amide bonds. The molecule has 1 heterocycles. The molecule has 4 rings (SSSR count). The third kappa shape index (κ3) is 3.34. The van der Waals surface area contributed by atoms with Crippen molar-refractivity contribution in [1.82, 2.24) is 5.32 Å². The highest BCUT2D eigenvalue weighted by atomic mass is 16.6. The lowest BCUT2D eigenvalue weighted by Crippen LogP contribution is -2.49. The standard InChI is InChI=1S/C24H31NO3/c1-22(2,3)24(12-6-5-7-13-24)28-20-11-9-17-14-19(10-8-18(17)15-20)23(4)16-27-21(26)25-23/h8-11,14-15H,5-7,12-13,16H2,1-4H3,(H,25,26)/t23-/m1/s1. The molecule has 2 aromatic rings. The van der Waals surface area contributed by atoms with Crippen LogP contribution in [-0.4, -0.2) is 18.3 Å². The van der Waals surface area contributed by atoms with Gasteiger partial charge in [-0.05, 0) is 67.1 Å². The normalized spacial score (nSPS) is 24.6. The minimum Gasteiger partial charge on any atom is -0.487 e. The lowest BCUT2D eigenvalue weighted by Gasteiger charge is -2.47. The van der Waals surface area contributed by atoms with Gasteiger partial charge in [0.25, 0.3) is 0 Å². The van der Waals surface area contributed by atoms with Gasteiger partial charge in [-0.3, -0.25) is 0 Å². The highest BCUT2D eigenvalue weighted by molar-refractivity contribution is 5.85. The topological polar surface area (TPSA) is 47.6 Å². The fourth-order valence-electron chi connectivity index (χ4n) is 4.65. The summed E-state index contributed by atoms with van der Waals surface area (Å²) in [4.78, 5) is 11.5. The third-order valence-electron chi connectivity index (χ3n) is 6.66. The van der Waals surface area contributed by atoms with Gasteiger partial charge in [0.2, 0.25) is 0 Å². The maximum absolute atomic E-state index is 11.5. The van der Waals surface area contributed by atoms with Crippen molar-refractivity contribution in [3.05, 3.63) is 42.0 Å². The van der Waals surface area contributed by atoms with E-state index in [4.69, 9.17) is 9.47 Å². The van der Waals surface area contributed by atoms with Crippen LogP contribution in [0.2, 0.25) is 0 Å². The van der Waals surface area contributed by atoms with Gasteiger partial charge in [0.05, 0.1) is 5.54 Å². The van der Waals surface area contributed by atoms with E-state index in [0.717, 1.165) is 34.9 Å². The van der Waals surface area contributed by atoms with Crippen LogP contribution in [-0.2, 0) is 10.3 Å². The SMILES string of the molecule is CC(C)(C)C1(Oc2ccc3cc([C@@]4(C)COC(=O)N4)ccc3c2)CCCCC1. The number of fused-ring (bicyclic) bond motifs is 1. The molecule has 1 N–H and O–H groups in total. The Kier molecular flexibility index (Phi) is 4.56. The molecule has 0 spiro atoms. The van der Waals surface area contributed by atoms with Crippen LogP contribution >= 0.6 is 0 Å². The molecule has 0 aromatic heterocycles. The minimum absolute atomic E-state index is 0.0987. The number of hydrogen-bond donors (Lipinski definition) is 1. The first kappa shape index (κ1) is 19.1. The van der Waals surface area contributed by atoms with Gasteiger partial charge in [0, 0.05) is 5.41 Å². The average molecular weight is 382 g/mol. The first-order valence-electron chi connectivity index (χ1n) is 10.4. The molecule has 1 atom stereocenters. The lowest BCUT2D eigenvalue weighted by atomic mass is 9.68. The Morgan fingerprint density at radius 3 is 2.32 bits per heavy atom. The Morgan fingerprint density at radius 2 is 1.68 bits per heavy atom. The second kappa shape index (κ2) is 6.68. The van der Waals surface area contributed by atoms with E-state index in [1.54, 1.807) is 0 Å². The van der Waals surface area contributed by atoms with Gasteiger partial charge < -0.3 is 14.8 Å². The minimum atomic E-state index is -0.473. The average Bonchev–Trinajstić information content (AvgIpc) is 3.01. The number of hydrogen-bond acceptors (Lipinski definition) is 3. The zero-order valence-corrected chi connectivity index (χ0v) is 17.4. The third-order valence-corrected chi connectivity index (χ3v) is 6.66. The van der Waals surface area contributed by atoms with Crippen molar-refractivity contribution >= 4 is 16.9 Å². The van der Waals surface area contributed by atoms with Crippen molar-refractivity contribution in [3.8, 4) is 5.75 Å². The molecule has 2 aromatic carbocycles. The van der Waals surface area contributed by atoms with Gasteiger partial charge in [0.1, 0.15) is 18.0 Å². The summed E-state index contributed by atoms with van der Waals surface area (Å²) in [5.41, 5.74) is 0.580. The highest BCUT2D eigenvalue weighted by Crippen LogP contribution is 2.45. The molecule has 4 heteroatoms. The van der Waals surface area contributed by atoms with Gasteiger partial charge in [-0.25, -0.2) is 4.79 Å². The molecule has 4 nitrogen and oxygen atoms in total. The summed E-state index contributed by atoms with van der Waals surface area (Å²) < 4.78 is 11.8. The fraction of sp³-hybridized carbons (Fsp3) is 0.542. The van der Waals surface area contributed by atoms with Crippen molar-refractivity contribution in [2.75, 3.05) is 6.61 Å². The molecular weight excluding hydrogens is 350 g/mol. The van der Waals surface area contributed by atoms with Crippen molar-refractivity contribution in [2.24, 2.45) is 5.41 Å². The van der Waals surface area contributed by atoms with Gasteiger partial charge in [-0.1, -0.05) is 45.4 Å². The molecule has 150 valence electrons. The predicted octanol–water partition coefficient (Wildman–Crippen LogP) is 5.92. The Hall–Kier alpha value is -2.23. The lowest BCUT2D eigenvalue weighted by molar-refractivity contribution is -0.0614. The Balaban J connectivity index is 1.63.